The van der Waals surface area contributed by atoms with Crippen LogP contribution in [-0.4, -0.2) is 96.7 Å². The van der Waals surface area contributed by atoms with Gasteiger partial charge in [-0.3, -0.25) is 37.3 Å². The van der Waals surface area contributed by atoms with Gasteiger partial charge >= 0.3 is 39.5 Å². The molecule has 0 radical (unpaired) electrons. The summed E-state index contributed by atoms with van der Waals surface area (Å²) in [5.74, 6) is 0.820. The lowest BCUT2D eigenvalue weighted by atomic mass is 9.99. The first kappa shape index (κ1) is 87.1. The van der Waals surface area contributed by atoms with Crippen molar-refractivity contribution in [3.05, 3.63) is 0 Å². The smallest absolute Gasteiger partial charge is 0.462 e. The highest BCUT2D eigenvalue weighted by molar-refractivity contribution is 7.47. The highest BCUT2D eigenvalue weighted by Gasteiger charge is 2.30. The van der Waals surface area contributed by atoms with Crippen LogP contribution in [0.2, 0.25) is 0 Å². The predicted octanol–water partition coefficient (Wildman–Crippen LogP) is 19.7. The molecule has 0 aliphatic rings. The molecule has 89 heavy (non-hydrogen) atoms. The maximum atomic E-state index is 13.0. The Morgan fingerprint density at radius 3 is 0.798 bits per heavy atom. The largest absolute Gasteiger partial charge is 0.472 e. The zero-order valence-corrected chi connectivity index (χ0v) is 59.8. The van der Waals surface area contributed by atoms with Crippen molar-refractivity contribution in [3.8, 4) is 0 Å². The highest BCUT2D eigenvalue weighted by Crippen LogP contribution is 2.45. The average molecular weight is 1310 g/mol. The van der Waals surface area contributed by atoms with Crippen molar-refractivity contribution in [3.63, 3.8) is 0 Å². The third-order valence-corrected chi connectivity index (χ3v) is 18.3. The van der Waals surface area contributed by atoms with E-state index in [4.69, 9.17) is 37.0 Å². The van der Waals surface area contributed by atoms with E-state index in [2.05, 4.69) is 55.4 Å². The SMILES string of the molecule is CCC(C)CCCCCCCCCCC(=O)OC[C@H](COP(=O)(O)OCC(O)COP(=O)(O)OC[C@@H](COC(=O)CCCCCCCCCC(C)C)OC(=O)CCCCCCCCC(C)C)OC(=O)CCCCCCCCCCCCCCCCCC(C)C. The summed E-state index contributed by atoms with van der Waals surface area (Å²) >= 11 is 0. The average Bonchev–Trinajstić information content (AvgIpc) is 3.54. The third kappa shape index (κ3) is 63.2. The number of aliphatic hydroxyl groups excluding tert-OH is 1. The van der Waals surface area contributed by atoms with Gasteiger partial charge in [0.1, 0.15) is 19.3 Å². The van der Waals surface area contributed by atoms with Crippen LogP contribution in [0, 0.1) is 23.7 Å². The van der Waals surface area contributed by atoms with Gasteiger partial charge in [-0.15, -0.1) is 0 Å². The Morgan fingerprint density at radius 2 is 0.539 bits per heavy atom. The Balaban J connectivity index is 5.22. The van der Waals surface area contributed by atoms with Gasteiger partial charge in [-0.25, -0.2) is 9.13 Å². The van der Waals surface area contributed by atoms with Gasteiger partial charge < -0.3 is 33.8 Å². The fourth-order valence-corrected chi connectivity index (χ4v) is 12.0. The number of esters is 4. The van der Waals surface area contributed by atoms with E-state index >= 15 is 0 Å². The molecule has 0 heterocycles. The minimum atomic E-state index is -4.95. The van der Waals surface area contributed by atoms with Crippen LogP contribution >= 0.6 is 15.6 Å². The Morgan fingerprint density at radius 1 is 0.315 bits per heavy atom. The summed E-state index contributed by atoms with van der Waals surface area (Å²) in [6.45, 7) is 14.0. The number of carbonyl (C=O) groups is 4. The topological polar surface area (TPSA) is 237 Å². The van der Waals surface area contributed by atoms with Gasteiger partial charge in [-0.1, -0.05) is 293 Å². The first-order chi connectivity index (χ1) is 42.6. The molecule has 0 saturated heterocycles. The van der Waals surface area contributed by atoms with Crippen molar-refractivity contribution in [2.45, 2.75) is 363 Å². The van der Waals surface area contributed by atoms with Crippen LogP contribution in [0.4, 0.5) is 0 Å². The molecule has 6 atom stereocenters. The molecule has 0 spiro atoms. The molecule has 0 fully saturated rings. The molecule has 0 aliphatic carbocycles. The fourth-order valence-electron chi connectivity index (χ4n) is 10.5. The molecule has 0 saturated carbocycles. The van der Waals surface area contributed by atoms with Gasteiger partial charge in [0.15, 0.2) is 12.2 Å². The molecule has 3 N–H and O–H groups in total. The summed E-state index contributed by atoms with van der Waals surface area (Å²) in [6.07, 6.45) is 41.9. The Kier molecular flexibility index (Phi) is 58.5. The van der Waals surface area contributed by atoms with Gasteiger partial charge in [0.05, 0.1) is 26.4 Å². The normalized spacial score (nSPS) is 14.6. The van der Waals surface area contributed by atoms with E-state index in [0.717, 1.165) is 108 Å². The van der Waals surface area contributed by atoms with Crippen molar-refractivity contribution >= 4 is 39.5 Å². The molecule has 17 nitrogen and oxygen atoms in total. The lowest BCUT2D eigenvalue weighted by Gasteiger charge is -2.21. The second-order valence-electron chi connectivity index (χ2n) is 26.9. The van der Waals surface area contributed by atoms with E-state index < -0.39 is 97.5 Å². The van der Waals surface area contributed by atoms with E-state index in [1.165, 1.54) is 141 Å². The lowest BCUT2D eigenvalue weighted by Crippen LogP contribution is -2.30. The van der Waals surface area contributed by atoms with Crippen LogP contribution in [0.3, 0.4) is 0 Å². The van der Waals surface area contributed by atoms with E-state index in [1.54, 1.807) is 0 Å². The Bertz CT molecular complexity index is 1770. The van der Waals surface area contributed by atoms with Gasteiger partial charge in [0.25, 0.3) is 0 Å². The van der Waals surface area contributed by atoms with E-state index in [9.17, 15) is 43.2 Å². The molecule has 4 unspecified atom stereocenters. The van der Waals surface area contributed by atoms with Crippen molar-refractivity contribution in [2.24, 2.45) is 23.7 Å². The van der Waals surface area contributed by atoms with Gasteiger partial charge in [0, 0.05) is 25.7 Å². The summed E-state index contributed by atoms with van der Waals surface area (Å²) in [7, 11) is -9.90. The van der Waals surface area contributed by atoms with Crippen LogP contribution in [0.1, 0.15) is 344 Å². The monoisotopic (exact) mass is 1310 g/mol. The zero-order chi connectivity index (χ0) is 66.1. The van der Waals surface area contributed by atoms with Crippen LogP contribution < -0.4 is 0 Å². The minimum absolute atomic E-state index is 0.101. The van der Waals surface area contributed by atoms with Crippen LogP contribution in [0.5, 0.6) is 0 Å². The standard InChI is InChI=1S/C70H136O17P2/c1-9-63(8)49-41-33-24-19-20-25-34-42-50-67(72)80-56-65(86-69(74)52-44-36-26-18-16-14-12-10-11-13-15-17-22-30-38-46-60(2)3)58-84-88(76,77)82-54-64(71)55-83-89(78,79)85-59-66(87-70(75)53-45-37-29-28-32-40-48-62(6)7)57-81-68(73)51-43-35-27-21-23-31-39-47-61(4)5/h60-66,71H,9-59H2,1-8H3,(H,76,77)(H,78,79)/t63?,64?,65-,66-/m1/s1. The summed E-state index contributed by atoms with van der Waals surface area (Å²) in [5, 5.41) is 10.6. The number of aliphatic hydroxyl groups is 1. The van der Waals surface area contributed by atoms with Crippen molar-refractivity contribution in [1.29, 1.82) is 0 Å². The number of rotatable bonds is 67. The molecule has 0 bridgehead atoms. The molecule has 0 aliphatic heterocycles. The molecular formula is C70H136O17P2. The first-order valence-electron chi connectivity index (χ1n) is 36.2. The Hall–Kier alpha value is -1.94. The Labute approximate surface area is 543 Å². The van der Waals surface area contributed by atoms with Crippen LogP contribution in [0.15, 0.2) is 0 Å². The molecule has 0 aromatic carbocycles. The summed E-state index contributed by atoms with van der Waals surface area (Å²) in [6, 6.07) is 0. The van der Waals surface area contributed by atoms with E-state index in [0.29, 0.717) is 37.5 Å². The number of hydrogen-bond acceptors (Lipinski definition) is 15. The lowest BCUT2D eigenvalue weighted by molar-refractivity contribution is -0.161. The van der Waals surface area contributed by atoms with Gasteiger partial charge in [-0.2, -0.15) is 0 Å². The molecule has 0 aromatic heterocycles. The van der Waals surface area contributed by atoms with Crippen LogP contribution in [0.25, 0.3) is 0 Å². The number of phosphoric ester groups is 2. The van der Waals surface area contributed by atoms with Crippen LogP contribution in [-0.2, 0) is 65.4 Å². The summed E-state index contributed by atoms with van der Waals surface area (Å²) in [5.41, 5.74) is 0. The van der Waals surface area contributed by atoms with E-state index in [1.807, 2.05) is 0 Å². The first-order valence-corrected chi connectivity index (χ1v) is 39.2. The molecule has 528 valence electrons. The maximum Gasteiger partial charge on any atom is 0.472 e. The highest BCUT2D eigenvalue weighted by atomic mass is 31.2. The summed E-state index contributed by atoms with van der Waals surface area (Å²) < 4.78 is 68.2. The zero-order valence-electron chi connectivity index (χ0n) is 58.1. The predicted molar refractivity (Wildman–Crippen MR) is 358 cm³/mol. The number of unbranched alkanes of at least 4 members (excludes halogenated alkanes) is 32. The van der Waals surface area contributed by atoms with Crippen molar-refractivity contribution in [1.82, 2.24) is 0 Å². The van der Waals surface area contributed by atoms with Crippen molar-refractivity contribution in [2.75, 3.05) is 39.6 Å². The number of ether oxygens (including phenoxy) is 4. The quantitative estimate of drug-likeness (QED) is 0.0222. The molecular weight excluding hydrogens is 1170 g/mol. The molecule has 0 rings (SSSR count). The summed E-state index contributed by atoms with van der Waals surface area (Å²) in [4.78, 5) is 72.4. The van der Waals surface area contributed by atoms with Gasteiger partial charge in [0.2, 0.25) is 0 Å². The van der Waals surface area contributed by atoms with Crippen molar-refractivity contribution < 1.29 is 80.2 Å². The second kappa shape index (κ2) is 59.8. The minimum Gasteiger partial charge on any atom is -0.462 e. The third-order valence-electron chi connectivity index (χ3n) is 16.4. The molecule has 0 aromatic rings. The second-order valence-corrected chi connectivity index (χ2v) is 29.8. The molecule has 0 amide bonds. The number of carbonyl (C=O) groups excluding carboxylic acids is 4. The van der Waals surface area contributed by atoms with E-state index in [-0.39, 0.29) is 25.7 Å². The number of phosphoric acid groups is 2. The number of hydrogen-bond donors (Lipinski definition) is 3. The fraction of sp³-hybridized carbons (Fsp3) is 0.943. The molecule has 19 heteroatoms. The van der Waals surface area contributed by atoms with Gasteiger partial charge in [-0.05, 0) is 49.4 Å². The maximum absolute atomic E-state index is 13.0.